The minimum absolute atomic E-state index is 0.00630. The van der Waals surface area contributed by atoms with Crippen LogP contribution in [0.1, 0.15) is 36.7 Å². The van der Waals surface area contributed by atoms with Gasteiger partial charge in [0.1, 0.15) is 22.1 Å². The number of aliphatic hydroxyl groups excluding tert-OH is 1. The van der Waals surface area contributed by atoms with Gasteiger partial charge in [-0.25, -0.2) is 14.6 Å². The first-order valence-corrected chi connectivity index (χ1v) is 9.37. The summed E-state index contributed by atoms with van der Waals surface area (Å²) < 4.78 is 49.5. The van der Waals surface area contributed by atoms with Gasteiger partial charge in [0.25, 0.3) is 0 Å². The van der Waals surface area contributed by atoms with Gasteiger partial charge >= 0.3 is 18.2 Å². The van der Waals surface area contributed by atoms with Gasteiger partial charge in [-0.05, 0) is 26.8 Å². The average molecular weight is 454 g/mol. The zero-order valence-electron chi connectivity index (χ0n) is 16.9. The summed E-state index contributed by atoms with van der Waals surface area (Å²) in [6.07, 6.45) is -5.41. The Morgan fingerprint density at radius 1 is 1.30 bits per heavy atom. The topological polar surface area (TPSA) is 92.2 Å². The first kappa shape index (κ1) is 24.0. The number of pyridine rings is 1. The molecule has 12 heteroatoms. The lowest BCUT2D eigenvalue weighted by Gasteiger charge is -2.42. The number of ether oxygens (including phenoxy) is 2. The van der Waals surface area contributed by atoms with Crippen molar-refractivity contribution in [3.8, 4) is 0 Å². The molecular formula is C18H23ClF3N3O5. The van der Waals surface area contributed by atoms with Gasteiger partial charge in [-0.3, -0.25) is 0 Å². The number of carbonyl (C=O) groups is 2. The highest BCUT2D eigenvalue weighted by Gasteiger charge is 2.39. The molecule has 1 aromatic rings. The predicted molar refractivity (Wildman–Crippen MR) is 102 cm³/mol. The SMILES string of the molecule is COC(=O)c1cc(C(F)(F)F)c(Cl)nc1N1CCN(C(=O)OC(C)(C)C)C[C@@H]1CO. The van der Waals surface area contributed by atoms with Crippen LogP contribution in [0.25, 0.3) is 0 Å². The van der Waals surface area contributed by atoms with Crippen LogP contribution in [-0.4, -0.2) is 72.0 Å². The van der Waals surface area contributed by atoms with Gasteiger partial charge in [-0.15, -0.1) is 0 Å². The van der Waals surface area contributed by atoms with Crippen molar-refractivity contribution in [2.24, 2.45) is 0 Å². The summed E-state index contributed by atoms with van der Waals surface area (Å²) in [6.45, 7) is 4.88. The summed E-state index contributed by atoms with van der Waals surface area (Å²) in [4.78, 5) is 31.0. The maximum Gasteiger partial charge on any atom is 0.419 e. The molecule has 1 aliphatic rings. The molecule has 1 fully saturated rings. The number of hydrogen-bond donors (Lipinski definition) is 1. The highest BCUT2D eigenvalue weighted by Crippen LogP contribution is 2.37. The Kier molecular flexibility index (Phi) is 7.08. The zero-order chi connectivity index (χ0) is 22.9. The van der Waals surface area contributed by atoms with Crippen LogP contribution in [0.2, 0.25) is 5.15 Å². The Morgan fingerprint density at radius 3 is 2.43 bits per heavy atom. The number of alkyl halides is 3. The van der Waals surface area contributed by atoms with Gasteiger partial charge in [0.2, 0.25) is 0 Å². The minimum Gasteiger partial charge on any atom is -0.465 e. The van der Waals surface area contributed by atoms with Crippen molar-refractivity contribution in [3.05, 3.63) is 22.3 Å². The Morgan fingerprint density at radius 2 is 1.93 bits per heavy atom. The third kappa shape index (κ3) is 5.45. The molecular weight excluding hydrogens is 431 g/mol. The molecule has 2 heterocycles. The van der Waals surface area contributed by atoms with Crippen LogP contribution in [0.15, 0.2) is 6.07 Å². The van der Waals surface area contributed by atoms with Gasteiger partial charge < -0.3 is 24.4 Å². The maximum absolute atomic E-state index is 13.2. The van der Waals surface area contributed by atoms with Crippen LogP contribution in [0.3, 0.4) is 0 Å². The number of rotatable bonds is 3. The van der Waals surface area contributed by atoms with Gasteiger partial charge in [0.05, 0.1) is 25.3 Å². The number of aliphatic hydroxyl groups is 1. The van der Waals surface area contributed by atoms with Gasteiger partial charge in [0.15, 0.2) is 0 Å². The number of hydrogen-bond acceptors (Lipinski definition) is 7. The molecule has 1 aromatic heterocycles. The number of nitrogens with zero attached hydrogens (tertiary/aromatic N) is 3. The monoisotopic (exact) mass is 453 g/mol. The second-order valence-electron chi connectivity index (χ2n) is 7.64. The molecule has 2 rings (SSSR count). The molecule has 0 radical (unpaired) electrons. The molecule has 1 saturated heterocycles. The molecule has 168 valence electrons. The summed E-state index contributed by atoms with van der Waals surface area (Å²) in [7, 11) is 1.03. The fourth-order valence-corrected chi connectivity index (χ4v) is 3.18. The van der Waals surface area contributed by atoms with Crippen molar-refractivity contribution in [3.63, 3.8) is 0 Å². The molecule has 0 unspecified atom stereocenters. The molecule has 1 amide bonds. The normalized spacial score (nSPS) is 17.7. The van der Waals surface area contributed by atoms with E-state index >= 15 is 0 Å². The zero-order valence-corrected chi connectivity index (χ0v) is 17.7. The van der Waals surface area contributed by atoms with Gasteiger partial charge in [-0.1, -0.05) is 11.6 Å². The van der Waals surface area contributed by atoms with Crippen molar-refractivity contribution in [2.45, 2.75) is 38.6 Å². The fraction of sp³-hybridized carbons (Fsp3) is 0.611. The molecule has 0 bridgehead atoms. The lowest BCUT2D eigenvalue weighted by atomic mass is 10.1. The first-order valence-electron chi connectivity index (χ1n) is 9.00. The average Bonchev–Trinajstić information content (AvgIpc) is 2.64. The molecule has 0 spiro atoms. The molecule has 0 saturated carbocycles. The standard InChI is InChI=1S/C18H23ClF3N3O5/c1-17(2,3)30-16(28)24-5-6-25(10(8-24)9-26)14-11(15(27)29-4)7-12(13(19)23-14)18(20,21)22/h7,10,26H,5-6,8-9H2,1-4H3/t10-/m1/s1. The largest absolute Gasteiger partial charge is 0.465 e. The van der Waals surface area contributed by atoms with Crippen molar-refractivity contribution < 1.29 is 37.3 Å². The second kappa shape index (κ2) is 8.84. The van der Waals surface area contributed by atoms with Crippen LogP contribution >= 0.6 is 11.6 Å². The molecule has 8 nitrogen and oxygen atoms in total. The van der Waals surface area contributed by atoms with E-state index in [9.17, 15) is 27.9 Å². The second-order valence-corrected chi connectivity index (χ2v) is 8.00. The highest BCUT2D eigenvalue weighted by atomic mass is 35.5. The summed E-state index contributed by atoms with van der Waals surface area (Å²) in [5.74, 6) is -1.20. The van der Waals surface area contributed by atoms with E-state index in [4.69, 9.17) is 16.3 Å². The van der Waals surface area contributed by atoms with Crippen LogP contribution < -0.4 is 4.90 Å². The predicted octanol–water partition coefficient (Wildman–Crippen LogP) is 2.96. The van der Waals surface area contributed by atoms with Crippen LogP contribution in [0.4, 0.5) is 23.8 Å². The summed E-state index contributed by atoms with van der Waals surface area (Å²) in [5.41, 5.74) is -2.44. The third-order valence-electron chi connectivity index (χ3n) is 4.28. The van der Waals surface area contributed by atoms with Crippen LogP contribution in [-0.2, 0) is 15.7 Å². The van der Waals surface area contributed by atoms with E-state index in [0.717, 1.165) is 7.11 Å². The molecule has 1 N–H and O–H groups in total. The van der Waals surface area contributed by atoms with E-state index in [1.165, 1.54) is 9.80 Å². The van der Waals surface area contributed by atoms with Crippen molar-refractivity contribution in [2.75, 3.05) is 38.3 Å². The smallest absolute Gasteiger partial charge is 0.419 e. The summed E-state index contributed by atoms with van der Waals surface area (Å²) in [6, 6.07) is -0.180. The number of aromatic nitrogens is 1. The molecule has 30 heavy (non-hydrogen) atoms. The molecule has 0 aliphatic carbocycles. The molecule has 0 aromatic carbocycles. The van der Waals surface area contributed by atoms with Gasteiger partial charge in [0, 0.05) is 19.6 Å². The number of amides is 1. The van der Waals surface area contributed by atoms with E-state index in [1.54, 1.807) is 20.8 Å². The van der Waals surface area contributed by atoms with E-state index in [2.05, 4.69) is 9.72 Å². The van der Waals surface area contributed by atoms with Gasteiger partial charge in [-0.2, -0.15) is 13.2 Å². The number of methoxy groups -OCH3 is 1. The number of carbonyl (C=O) groups excluding carboxylic acids is 2. The maximum atomic E-state index is 13.2. The quantitative estimate of drug-likeness (QED) is 0.555. The first-order chi connectivity index (χ1) is 13.8. The third-order valence-corrected chi connectivity index (χ3v) is 4.57. The van der Waals surface area contributed by atoms with E-state index in [0.29, 0.717) is 6.07 Å². The van der Waals surface area contributed by atoms with E-state index < -0.39 is 52.8 Å². The number of piperazine rings is 1. The highest BCUT2D eigenvalue weighted by molar-refractivity contribution is 6.30. The molecule has 1 atom stereocenters. The lowest BCUT2D eigenvalue weighted by molar-refractivity contribution is -0.137. The van der Waals surface area contributed by atoms with Crippen molar-refractivity contribution in [1.29, 1.82) is 0 Å². The Bertz CT molecular complexity index is 813. The summed E-state index contributed by atoms with van der Waals surface area (Å²) in [5, 5.41) is 8.98. The number of esters is 1. The summed E-state index contributed by atoms with van der Waals surface area (Å²) >= 11 is 5.74. The van der Waals surface area contributed by atoms with E-state index in [-0.39, 0.29) is 25.5 Å². The Hall–Kier alpha value is -2.27. The Balaban J connectivity index is 2.40. The van der Waals surface area contributed by atoms with Crippen LogP contribution in [0, 0.1) is 0 Å². The molecule has 1 aliphatic heterocycles. The minimum atomic E-state index is -4.82. The number of anilines is 1. The lowest BCUT2D eigenvalue weighted by Crippen LogP contribution is -2.57. The van der Waals surface area contributed by atoms with Crippen LogP contribution in [0.5, 0.6) is 0 Å². The van der Waals surface area contributed by atoms with Crippen molar-refractivity contribution >= 4 is 29.5 Å². The van der Waals surface area contributed by atoms with Crippen molar-refractivity contribution in [1.82, 2.24) is 9.88 Å². The van der Waals surface area contributed by atoms with E-state index in [1.807, 2.05) is 0 Å². The number of halogens is 4. The fourth-order valence-electron chi connectivity index (χ4n) is 2.94. The Labute approximate surface area is 176 Å².